The molecule has 0 aliphatic heterocycles. The fraction of sp³-hybridized carbons (Fsp3) is 0.0125. The second-order valence-corrected chi connectivity index (χ2v) is 22.4. The van der Waals surface area contributed by atoms with Crippen molar-refractivity contribution in [1.29, 1.82) is 21.0 Å². The Bertz CT molecular complexity index is 5410. The Kier molecular flexibility index (Phi) is 13.7. The van der Waals surface area contributed by atoms with Gasteiger partial charge in [-0.1, -0.05) is 133 Å². The lowest BCUT2D eigenvalue weighted by molar-refractivity contribution is -0.137. The standard InChI is InChI=1S/C80H44F3N9/c81-80(82,83)63-27-34-76(92-74-32-25-61(57-21-9-13-51(37-57)47-86)41-69(74)70-42-62(26-33-75(70)92)58-22-10-14-52(38-58)48-87)71(43-63)66-44-64(28-29-65(66)79-89-77(53-15-3-1-4-16-53)88-78(90-79)54-17-5-2-6-18-54)91-72-30-23-59(55-19-7-11-49(35-55)45-84)39-67(72)68-40-60(24-31-73(68)91)56-20-8-12-50(36-56)46-85/h1-44H. The quantitative estimate of drug-likeness (QED) is 0.133. The average molecular weight is 1190 g/mol. The summed E-state index contributed by atoms with van der Waals surface area (Å²) in [6.07, 6.45) is -4.79. The van der Waals surface area contributed by atoms with Crippen molar-refractivity contribution in [2.45, 2.75) is 6.18 Å². The van der Waals surface area contributed by atoms with Crippen molar-refractivity contribution >= 4 is 43.6 Å². The number of halogens is 3. The van der Waals surface area contributed by atoms with E-state index in [9.17, 15) is 21.0 Å². The van der Waals surface area contributed by atoms with E-state index in [2.05, 4.69) is 53.1 Å². The number of rotatable bonds is 10. The van der Waals surface area contributed by atoms with Gasteiger partial charge in [-0.05, 0) is 184 Å². The molecule has 0 N–H and O–H groups in total. The number of alkyl halides is 3. The van der Waals surface area contributed by atoms with Crippen molar-refractivity contribution in [3.8, 4) is 125 Å². The maximum atomic E-state index is 15.8. The minimum absolute atomic E-state index is 0.217. The molecule has 3 aromatic heterocycles. The summed E-state index contributed by atoms with van der Waals surface area (Å²) in [4.78, 5) is 15.4. The Balaban J connectivity index is 1.04. The Morgan fingerprint density at radius 1 is 0.283 bits per heavy atom. The van der Waals surface area contributed by atoms with Crippen molar-refractivity contribution in [2.24, 2.45) is 0 Å². The zero-order chi connectivity index (χ0) is 62.6. The molecule has 12 aromatic carbocycles. The normalized spacial score (nSPS) is 11.4. The third-order valence-electron chi connectivity index (χ3n) is 16.9. The van der Waals surface area contributed by atoms with Crippen LogP contribution in [-0.4, -0.2) is 24.1 Å². The molecule has 12 heteroatoms. The van der Waals surface area contributed by atoms with Crippen LogP contribution in [0.3, 0.4) is 0 Å². The van der Waals surface area contributed by atoms with Gasteiger partial charge < -0.3 is 9.13 Å². The van der Waals surface area contributed by atoms with Gasteiger partial charge in [-0.3, -0.25) is 0 Å². The highest BCUT2D eigenvalue weighted by Gasteiger charge is 2.33. The summed E-state index contributed by atoms with van der Waals surface area (Å²) in [5.41, 5.74) is 14.2. The fourth-order valence-corrected chi connectivity index (χ4v) is 12.5. The van der Waals surface area contributed by atoms with Crippen molar-refractivity contribution in [1.82, 2.24) is 24.1 Å². The van der Waals surface area contributed by atoms with Gasteiger partial charge in [-0.25, -0.2) is 15.0 Å². The van der Waals surface area contributed by atoms with E-state index in [0.717, 1.165) is 83.2 Å². The predicted molar refractivity (Wildman–Crippen MR) is 356 cm³/mol. The molecule has 0 unspecified atom stereocenters. The second kappa shape index (κ2) is 22.6. The summed E-state index contributed by atoms with van der Waals surface area (Å²) in [5, 5.41) is 43.1. The zero-order valence-electron chi connectivity index (χ0n) is 48.6. The molecule has 15 rings (SSSR count). The van der Waals surface area contributed by atoms with Crippen LogP contribution in [0.4, 0.5) is 13.2 Å². The summed E-state index contributed by atoms with van der Waals surface area (Å²) in [6, 6.07) is 91.4. The summed E-state index contributed by atoms with van der Waals surface area (Å²) < 4.78 is 51.6. The molecule has 0 radical (unpaired) electrons. The number of hydrogen-bond donors (Lipinski definition) is 0. The molecule has 0 bridgehead atoms. The lowest BCUT2D eigenvalue weighted by Crippen LogP contribution is -2.08. The minimum atomic E-state index is -4.79. The topological polar surface area (TPSA) is 144 Å². The molecule has 430 valence electrons. The van der Waals surface area contributed by atoms with E-state index in [1.54, 1.807) is 24.3 Å². The van der Waals surface area contributed by atoms with Gasteiger partial charge in [0.15, 0.2) is 17.5 Å². The van der Waals surface area contributed by atoms with Crippen LogP contribution in [0.1, 0.15) is 27.8 Å². The molecular weight excluding hydrogens is 1140 g/mol. The zero-order valence-corrected chi connectivity index (χ0v) is 48.6. The molecule has 0 spiro atoms. The van der Waals surface area contributed by atoms with Crippen molar-refractivity contribution in [2.75, 3.05) is 0 Å². The Morgan fingerprint density at radius 3 is 1.02 bits per heavy atom. The van der Waals surface area contributed by atoms with E-state index in [1.807, 2.05) is 205 Å². The van der Waals surface area contributed by atoms with Crippen LogP contribution in [-0.2, 0) is 6.18 Å². The van der Waals surface area contributed by atoms with Crippen molar-refractivity contribution in [3.63, 3.8) is 0 Å². The van der Waals surface area contributed by atoms with E-state index in [-0.39, 0.29) is 11.4 Å². The summed E-state index contributed by atoms with van der Waals surface area (Å²) in [7, 11) is 0. The highest BCUT2D eigenvalue weighted by Crippen LogP contribution is 2.46. The molecule has 9 nitrogen and oxygen atoms in total. The number of nitriles is 4. The first kappa shape index (κ1) is 55.6. The lowest BCUT2D eigenvalue weighted by Gasteiger charge is -2.20. The van der Waals surface area contributed by atoms with Gasteiger partial charge in [0.2, 0.25) is 0 Å². The van der Waals surface area contributed by atoms with Gasteiger partial charge in [-0.15, -0.1) is 0 Å². The first-order chi connectivity index (χ1) is 45.0. The van der Waals surface area contributed by atoms with E-state index < -0.39 is 11.7 Å². The summed E-state index contributed by atoms with van der Waals surface area (Å²) in [5.74, 6) is 0.935. The molecule has 92 heavy (non-hydrogen) atoms. The van der Waals surface area contributed by atoms with Gasteiger partial charge in [0.1, 0.15) is 0 Å². The number of hydrogen-bond acceptors (Lipinski definition) is 7. The van der Waals surface area contributed by atoms with Crippen LogP contribution in [0.15, 0.2) is 267 Å². The highest BCUT2D eigenvalue weighted by atomic mass is 19.4. The Morgan fingerprint density at radius 2 is 0.641 bits per heavy atom. The molecule has 0 saturated carbocycles. The number of nitrogens with zero attached hydrogens (tertiary/aromatic N) is 9. The molecule has 15 aromatic rings. The van der Waals surface area contributed by atoms with Gasteiger partial charge in [-0.2, -0.15) is 34.2 Å². The van der Waals surface area contributed by atoms with Crippen LogP contribution in [0.5, 0.6) is 0 Å². The SMILES string of the molecule is N#Cc1cccc(-c2ccc3c(c2)c2cc(-c4cccc(C#N)c4)ccc2n3-c2ccc(-c3nc(-c4ccccc4)nc(-c4ccccc4)n3)c(-c3cc(C(F)(F)F)ccc3-n3c4ccc(-c5cccc(C#N)c5)cc4c4cc(-c5cccc(C#N)c5)ccc43)c2)c1. The summed E-state index contributed by atoms with van der Waals surface area (Å²) >= 11 is 0. The molecule has 0 atom stereocenters. The second-order valence-electron chi connectivity index (χ2n) is 22.4. The number of fused-ring (bicyclic) bond motifs is 6. The van der Waals surface area contributed by atoms with E-state index in [0.29, 0.717) is 78.6 Å². The molecule has 3 heterocycles. The smallest absolute Gasteiger partial charge is 0.309 e. The van der Waals surface area contributed by atoms with Crippen molar-refractivity contribution in [3.05, 3.63) is 295 Å². The van der Waals surface area contributed by atoms with E-state index in [1.165, 1.54) is 12.1 Å². The largest absolute Gasteiger partial charge is 0.416 e. The maximum absolute atomic E-state index is 15.8. The minimum Gasteiger partial charge on any atom is -0.309 e. The van der Waals surface area contributed by atoms with E-state index >= 15 is 13.2 Å². The third kappa shape index (κ3) is 9.99. The third-order valence-corrected chi connectivity index (χ3v) is 16.9. The van der Waals surface area contributed by atoms with Gasteiger partial charge >= 0.3 is 6.18 Å². The number of benzene rings is 12. The van der Waals surface area contributed by atoms with Crippen LogP contribution < -0.4 is 0 Å². The highest BCUT2D eigenvalue weighted by molar-refractivity contribution is 6.14. The van der Waals surface area contributed by atoms with Crippen LogP contribution in [0.2, 0.25) is 0 Å². The lowest BCUT2D eigenvalue weighted by atomic mass is 9.94. The number of aromatic nitrogens is 5. The summed E-state index contributed by atoms with van der Waals surface area (Å²) in [6.45, 7) is 0. The molecule has 0 saturated heterocycles. The monoisotopic (exact) mass is 1190 g/mol. The Labute approximate surface area is 525 Å². The van der Waals surface area contributed by atoms with Crippen molar-refractivity contribution < 1.29 is 13.2 Å². The van der Waals surface area contributed by atoms with Gasteiger partial charge in [0.25, 0.3) is 0 Å². The maximum Gasteiger partial charge on any atom is 0.416 e. The Hall–Kier alpha value is -13.0. The fourth-order valence-electron chi connectivity index (χ4n) is 12.5. The molecule has 0 fully saturated rings. The molecule has 0 aliphatic carbocycles. The van der Waals surface area contributed by atoms with Crippen LogP contribution in [0.25, 0.3) is 145 Å². The molecule has 0 amide bonds. The van der Waals surface area contributed by atoms with E-state index in [4.69, 9.17) is 15.0 Å². The molecular formula is C80H44F3N9. The van der Waals surface area contributed by atoms with Gasteiger partial charge in [0, 0.05) is 49.5 Å². The average Bonchev–Trinajstić information content (AvgIpc) is 1.55. The first-order valence-corrected chi connectivity index (χ1v) is 29.4. The predicted octanol–water partition coefficient (Wildman–Crippen LogP) is 19.9. The van der Waals surface area contributed by atoms with Gasteiger partial charge in [0.05, 0.1) is 79.8 Å². The first-order valence-electron chi connectivity index (χ1n) is 29.4. The van der Waals surface area contributed by atoms with Crippen LogP contribution in [0, 0.1) is 45.3 Å². The van der Waals surface area contributed by atoms with Crippen LogP contribution >= 0.6 is 0 Å². The molecule has 0 aliphatic rings.